The molecule has 0 saturated carbocycles. The van der Waals surface area contributed by atoms with Gasteiger partial charge in [-0.15, -0.1) is 5.10 Å². The molecule has 0 radical (unpaired) electrons. The fourth-order valence-corrected chi connectivity index (χ4v) is 2.66. The standard InChI is InChI=1S/C16H21N5O2/c1-22-12-6-7-14(23-2)13(10-12)18-16-19-15(11-17-20-16)21-8-4-3-5-9-21/h6-7,10-11H,3-5,8-9H2,1-2H3,(H,18,19,20). The second-order valence-corrected chi connectivity index (χ2v) is 5.38. The van der Waals surface area contributed by atoms with Crippen LogP contribution in [-0.4, -0.2) is 42.5 Å². The first-order valence-electron chi connectivity index (χ1n) is 7.74. The summed E-state index contributed by atoms with van der Waals surface area (Å²) in [5.74, 6) is 2.72. The van der Waals surface area contributed by atoms with Crippen molar-refractivity contribution in [1.82, 2.24) is 15.2 Å². The zero-order valence-corrected chi connectivity index (χ0v) is 13.5. The number of piperidine rings is 1. The summed E-state index contributed by atoms with van der Waals surface area (Å²) >= 11 is 0. The molecule has 1 aromatic heterocycles. The van der Waals surface area contributed by atoms with Crippen molar-refractivity contribution < 1.29 is 9.47 Å². The first-order chi connectivity index (χ1) is 11.3. The molecule has 7 heteroatoms. The van der Waals surface area contributed by atoms with E-state index in [0.717, 1.165) is 30.3 Å². The molecule has 1 N–H and O–H groups in total. The van der Waals surface area contributed by atoms with Gasteiger partial charge in [-0.3, -0.25) is 0 Å². The van der Waals surface area contributed by atoms with Crippen LogP contribution in [0.25, 0.3) is 0 Å². The van der Waals surface area contributed by atoms with E-state index in [1.807, 2.05) is 18.2 Å². The summed E-state index contributed by atoms with van der Waals surface area (Å²) in [5.41, 5.74) is 0.740. The summed E-state index contributed by atoms with van der Waals surface area (Å²) in [6.07, 6.45) is 5.37. The molecule has 7 nitrogen and oxygen atoms in total. The molecule has 0 unspecified atom stereocenters. The third-order valence-electron chi connectivity index (χ3n) is 3.88. The van der Waals surface area contributed by atoms with Crippen molar-refractivity contribution in [2.45, 2.75) is 19.3 Å². The van der Waals surface area contributed by atoms with Crippen LogP contribution in [0.2, 0.25) is 0 Å². The van der Waals surface area contributed by atoms with E-state index < -0.39 is 0 Å². The van der Waals surface area contributed by atoms with Gasteiger partial charge in [0.1, 0.15) is 11.5 Å². The molecule has 122 valence electrons. The number of nitrogens with one attached hydrogen (secondary N) is 1. The van der Waals surface area contributed by atoms with E-state index in [0.29, 0.717) is 11.7 Å². The number of nitrogens with zero attached hydrogens (tertiary/aromatic N) is 4. The molecule has 0 amide bonds. The molecule has 0 atom stereocenters. The Morgan fingerprint density at radius 3 is 2.65 bits per heavy atom. The van der Waals surface area contributed by atoms with Gasteiger partial charge in [-0.25, -0.2) is 0 Å². The Labute approximate surface area is 135 Å². The third-order valence-corrected chi connectivity index (χ3v) is 3.88. The maximum Gasteiger partial charge on any atom is 0.249 e. The topological polar surface area (TPSA) is 72.4 Å². The minimum absolute atomic E-state index is 0.444. The highest BCUT2D eigenvalue weighted by Crippen LogP contribution is 2.30. The lowest BCUT2D eigenvalue weighted by molar-refractivity contribution is 0.404. The molecule has 0 aliphatic carbocycles. The number of methoxy groups -OCH3 is 2. The van der Waals surface area contributed by atoms with Crippen molar-refractivity contribution in [3.63, 3.8) is 0 Å². The van der Waals surface area contributed by atoms with Crippen LogP contribution in [-0.2, 0) is 0 Å². The predicted molar refractivity (Wildman–Crippen MR) is 88.7 cm³/mol. The van der Waals surface area contributed by atoms with E-state index in [-0.39, 0.29) is 0 Å². The summed E-state index contributed by atoms with van der Waals surface area (Å²) in [6, 6.07) is 5.52. The lowest BCUT2D eigenvalue weighted by atomic mass is 10.1. The Balaban J connectivity index is 1.82. The lowest BCUT2D eigenvalue weighted by Crippen LogP contribution is -2.30. The highest BCUT2D eigenvalue weighted by Gasteiger charge is 2.14. The van der Waals surface area contributed by atoms with Crippen molar-refractivity contribution in [3.8, 4) is 11.5 Å². The van der Waals surface area contributed by atoms with E-state index in [2.05, 4.69) is 25.4 Å². The summed E-state index contributed by atoms with van der Waals surface area (Å²) in [5, 5.41) is 11.3. The Morgan fingerprint density at radius 1 is 1.09 bits per heavy atom. The minimum atomic E-state index is 0.444. The highest BCUT2D eigenvalue weighted by atomic mass is 16.5. The molecule has 1 aromatic carbocycles. The first-order valence-corrected chi connectivity index (χ1v) is 7.74. The van der Waals surface area contributed by atoms with Crippen LogP contribution in [0.3, 0.4) is 0 Å². The predicted octanol–water partition coefficient (Wildman–Crippen LogP) is 2.62. The largest absolute Gasteiger partial charge is 0.497 e. The number of ether oxygens (including phenoxy) is 2. The Morgan fingerprint density at radius 2 is 1.91 bits per heavy atom. The fraction of sp³-hybridized carbons (Fsp3) is 0.438. The molecular formula is C16H21N5O2. The van der Waals surface area contributed by atoms with Gasteiger partial charge in [0, 0.05) is 19.2 Å². The minimum Gasteiger partial charge on any atom is -0.497 e. The van der Waals surface area contributed by atoms with E-state index in [1.165, 1.54) is 19.3 Å². The highest BCUT2D eigenvalue weighted by molar-refractivity contribution is 5.65. The van der Waals surface area contributed by atoms with Gasteiger partial charge >= 0.3 is 0 Å². The number of aromatic nitrogens is 3. The molecule has 1 aliphatic heterocycles. The van der Waals surface area contributed by atoms with Crippen LogP contribution in [0.15, 0.2) is 24.4 Å². The van der Waals surface area contributed by atoms with Gasteiger partial charge in [0.15, 0.2) is 5.82 Å². The van der Waals surface area contributed by atoms with Crippen molar-refractivity contribution >= 4 is 17.5 Å². The van der Waals surface area contributed by atoms with Gasteiger partial charge in [-0.1, -0.05) is 0 Å². The average Bonchev–Trinajstić information content (AvgIpc) is 2.62. The lowest BCUT2D eigenvalue weighted by Gasteiger charge is -2.27. The van der Waals surface area contributed by atoms with Crippen LogP contribution in [0.1, 0.15) is 19.3 Å². The van der Waals surface area contributed by atoms with Crippen LogP contribution < -0.4 is 19.7 Å². The molecule has 0 spiro atoms. The quantitative estimate of drug-likeness (QED) is 0.909. The van der Waals surface area contributed by atoms with Crippen LogP contribution >= 0.6 is 0 Å². The van der Waals surface area contributed by atoms with E-state index in [9.17, 15) is 0 Å². The number of anilines is 3. The van der Waals surface area contributed by atoms with Crippen molar-refractivity contribution in [3.05, 3.63) is 24.4 Å². The Bertz CT molecular complexity index is 659. The molecule has 2 heterocycles. The SMILES string of the molecule is COc1ccc(OC)c(Nc2nncc(N3CCCCC3)n2)c1. The molecule has 1 fully saturated rings. The van der Waals surface area contributed by atoms with E-state index >= 15 is 0 Å². The van der Waals surface area contributed by atoms with Gasteiger partial charge < -0.3 is 19.7 Å². The van der Waals surface area contributed by atoms with Gasteiger partial charge in [-0.2, -0.15) is 10.1 Å². The first kappa shape index (κ1) is 15.3. The average molecular weight is 315 g/mol. The third kappa shape index (κ3) is 3.61. The summed E-state index contributed by atoms with van der Waals surface area (Å²) in [6.45, 7) is 2.03. The van der Waals surface area contributed by atoms with Gasteiger partial charge in [0.05, 0.1) is 26.1 Å². The van der Waals surface area contributed by atoms with E-state index in [1.54, 1.807) is 20.4 Å². The van der Waals surface area contributed by atoms with E-state index in [4.69, 9.17) is 9.47 Å². The number of rotatable bonds is 5. The second kappa shape index (κ2) is 7.13. The molecule has 1 aliphatic rings. The second-order valence-electron chi connectivity index (χ2n) is 5.38. The van der Waals surface area contributed by atoms with Crippen LogP contribution in [0.5, 0.6) is 11.5 Å². The smallest absolute Gasteiger partial charge is 0.249 e. The monoisotopic (exact) mass is 315 g/mol. The number of hydrogen-bond acceptors (Lipinski definition) is 7. The van der Waals surface area contributed by atoms with Gasteiger partial charge in [0.25, 0.3) is 0 Å². The molecule has 3 rings (SSSR count). The van der Waals surface area contributed by atoms with Crippen LogP contribution in [0.4, 0.5) is 17.5 Å². The zero-order valence-electron chi connectivity index (χ0n) is 13.5. The summed E-state index contributed by atoms with van der Waals surface area (Å²) in [7, 11) is 3.25. The van der Waals surface area contributed by atoms with Gasteiger partial charge in [0.2, 0.25) is 5.95 Å². The Hall–Kier alpha value is -2.57. The molecule has 0 bridgehead atoms. The fourth-order valence-electron chi connectivity index (χ4n) is 2.66. The van der Waals surface area contributed by atoms with Crippen molar-refractivity contribution in [2.24, 2.45) is 0 Å². The zero-order chi connectivity index (χ0) is 16.1. The molecule has 1 saturated heterocycles. The number of hydrogen-bond donors (Lipinski definition) is 1. The summed E-state index contributed by atoms with van der Waals surface area (Å²) in [4.78, 5) is 6.81. The maximum absolute atomic E-state index is 5.36. The molecular weight excluding hydrogens is 294 g/mol. The number of benzene rings is 1. The Kier molecular flexibility index (Phi) is 4.75. The van der Waals surface area contributed by atoms with Crippen molar-refractivity contribution in [2.75, 3.05) is 37.5 Å². The molecule has 23 heavy (non-hydrogen) atoms. The summed E-state index contributed by atoms with van der Waals surface area (Å²) < 4.78 is 10.6. The molecule has 2 aromatic rings. The maximum atomic E-state index is 5.36. The van der Waals surface area contributed by atoms with Crippen molar-refractivity contribution in [1.29, 1.82) is 0 Å². The normalized spacial score (nSPS) is 14.4. The van der Waals surface area contributed by atoms with Crippen LogP contribution in [0, 0.1) is 0 Å². The van der Waals surface area contributed by atoms with Gasteiger partial charge in [-0.05, 0) is 31.4 Å².